The first kappa shape index (κ1) is 21.0. The minimum Gasteiger partial charge on any atom is -0.326 e. The summed E-state index contributed by atoms with van der Waals surface area (Å²) in [5.41, 5.74) is 4.03. The molecule has 1 heterocycles. The van der Waals surface area contributed by atoms with Gasteiger partial charge in [-0.05, 0) is 48.1 Å². The van der Waals surface area contributed by atoms with Crippen molar-refractivity contribution in [3.05, 3.63) is 59.7 Å². The SMILES string of the molecule is CCc1ccccc1N1C(=O)CS[C@@H]1c1cccc(NC(=O)CCC2CCCC2)c1. The van der Waals surface area contributed by atoms with Gasteiger partial charge in [-0.1, -0.05) is 62.9 Å². The van der Waals surface area contributed by atoms with Crippen molar-refractivity contribution in [3.63, 3.8) is 0 Å². The minimum absolute atomic E-state index is 0.0689. The summed E-state index contributed by atoms with van der Waals surface area (Å²) in [7, 11) is 0. The van der Waals surface area contributed by atoms with Crippen LogP contribution in [0.15, 0.2) is 48.5 Å². The van der Waals surface area contributed by atoms with E-state index >= 15 is 0 Å². The van der Waals surface area contributed by atoms with Crippen molar-refractivity contribution < 1.29 is 9.59 Å². The third-order valence-corrected chi connectivity index (χ3v) is 7.42. The molecule has 2 amide bonds. The van der Waals surface area contributed by atoms with Crippen molar-refractivity contribution in [3.8, 4) is 0 Å². The number of anilines is 2. The average molecular weight is 423 g/mol. The number of amides is 2. The third kappa shape index (κ3) is 4.72. The molecule has 1 saturated heterocycles. The Balaban J connectivity index is 1.48. The van der Waals surface area contributed by atoms with E-state index in [1.807, 2.05) is 47.4 Å². The minimum atomic E-state index is -0.0689. The largest absolute Gasteiger partial charge is 0.326 e. The molecule has 158 valence electrons. The number of nitrogens with one attached hydrogen (secondary N) is 1. The van der Waals surface area contributed by atoms with Gasteiger partial charge in [0.1, 0.15) is 5.37 Å². The number of hydrogen-bond donors (Lipinski definition) is 1. The lowest BCUT2D eigenvalue weighted by molar-refractivity contribution is -0.117. The zero-order chi connectivity index (χ0) is 20.9. The van der Waals surface area contributed by atoms with Gasteiger partial charge in [-0.25, -0.2) is 0 Å². The second-order valence-electron chi connectivity index (χ2n) is 8.27. The summed E-state index contributed by atoms with van der Waals surface area (Å²) in [6, 6.07) is 16.1. The normalized spacial score (nSPS) is 19.4. The number of carbonyl (C=O) groups excluding carboxylic acids is 2. The lowest BCUT2D eigenvalue weighted by atomic mass is 10.0. The highest BCUT2D eigenvalue weighted by molar-refractivity contribution is 8.00. The van der Waals surface area contributed by atoms with E-state index in [2.05, 4.69) is 18.3 Å². The van der Waals surface area contributed by atoms with Crippen LogP contribution in [0.2, 0.25) is 0 Å². The van der Waals surface area contributed by atoms with Crippen molar-refractivity contribution in [2.24, 2.45) is 5.92 Å². The van der Waals surface area contributed by atoms with Crippen LogP contribution >= 0.6 is 11.8 Å². The Morgan fingerprint density at radius 1 is 1.13 bits per heavy atom. The predicted molar refractivity (Wildman–Crippen MR) is 125 cm³/mol. The Morgan fingerprint density at radius 3 is 2.73 bits per heavy atom. The molecule has 0 radical (unpaired) electrons. The third-order valence-electron chi connectivity index (χ3n) is 6.21. The first-order valence-electron chi connectivity index (χ1n) is 11.1. The van der Waals surface area contributed by atoms with Gasteiger partial charge in [0.15, 0.2) is 0 Å². The molecule has 1 atom stereocenters. The Kier molecular flexibility index (Phi) is 6.78. The quantitative estimate of drug-likeness (QED) is 0.601. The molecule has 5 heteroatoms. The van der Waals surface area contributed by atoms with Crippen molar-refractivity contribution in [2.45, 2.75) is 57.2 Å². The summed E-state index contributed by atoms with van der Waals surface area (Å²) in [5.74, 6) is 1.41. The molecule has 2 aliphatic rings. The monoisotopic (exact) mass is 422 g/mol. The van der Waals surface area contributed by atoms with Gasteiger partial charge >= 0.3 is 0 Å². The van der Waals surface area contributed by atoms with Crippen molar-refractivity contribution in [1.82, 2.24) is 0 Å². The molecule has 1 aliphatic carbocycles. The highest BCUT2D eigenvalue weighted by Gasteiger charge is 2.35. The Labute approximate surface area is 183 Å². The number of aryl methyl sites for hydroxylation is 1. The van der Waals surface area contributed by atoms with Gasteiger partial charge in [-0.15, -0.1) is 11.8 Å². The summed E-state index contributed by atoms with van der Waals surface area (Å²) in [5, 5.41) is 3.00. The van der Waals surface area contributed by atoms with Gasteiger partial charge in [0, 0.05) is 17.8 Å². The fraction of sp³-hybridized carbons (Fsp3) is 0.440. The van der Waals surface area contributed by atoms with Crippen LogP contribution in [0.25, 0.3) is 0 Å². The number of hydrogen-bond acceptors (Lipinski definition) is 3. The van der Waals surface area contributed by atoms with E-state index in [0.29, 0.717) is 12.2 Å². The van der Waals surface area contributed by atoms with E-state index in [-0.39, 0.29) is 17.2 Å². The molecule has 30 heavy (non-hydrogen) atoms. The molecule has 4 nitrogen and oxygen atoms in total. The second-order valence-corrected chi connectivity index (χ2v) is 9.34. The topological polar surface area (TPSA) is 49.4 Å². The van der Waals surface area contributed by atoms with E-state index in [0.717, 1.165) is 35.7 Å². The smallest absolute Gasteiger partial charge is 0.238 e. The fourth-order valence-corrected chi connectivity index (χ4v) is 5.76. The summed E-state index contributed by atoms with van der Waals surface area (Å²) in [6.45, 7) is 2.11. The summed E-state index contributed by atoms with van der Waals surface area (Å²) in [6.07, 6.45) is 7.61. The molecule has 0 spiro atoms. The Hall–Kier alpha value is -2.27. The lowest BCUT2D eigenvalue weighted by Crippen LogP contribution is -2.28. The van der Waals surface area contributed by atoms with Crippen molar-refractivity contribution >= 4 is 35.0 Å². The van der Waals surface area contributed by atoms with Gasteiger partial charge in [0.05, 0.1) is 5.75 Å². The zero-order valence-corrected chi connectivity index (χ0v) is 18.4. The van der Waals surface area contributed by atoms with Crippen molar-refractivity contribution in [2.75, 3.05) is 16.0 Å². The molecular formula is C25H30N2O2S. The maximum Gasteiger partial charge on any atom is 0.238 e. The van der Waals surface area contributed by atoms with Crippen LogP contribution < -0.4 is 10.2 Å². The standard InChI is InChI=1S/C25H30N2O2S/c1-2-19-10-5-6-13-22(19)27-24(29)17-30-25(27)20-11-7-12-21(16-20)26-23(28)15-14-18-8-3-4-9-18/h5-7,10-13,16,18,25H,2-4,8-9,14-15,17H2,1H3,(H,26,28)/t25-/m1/s1. The van der Waals surface area contributed by atoms with Crippen molar-refractivity contribution in [1.29, 1.82) is 0 Å². The molecular weight excluding hydrogens is 392 g/mol. The van der Waals surface area contributed by atoms with Crippen LogP contribution in [-0.4, -0.2) is 17.6 Å². The molecule has 1 saturated carbocycles. The molecule has 2 aromatic carbocycles. The number of carbonyl (C=O) groups is 2. The number of nitrogens with zero attached hydrogens (tertiary/aromatic N) is 1. The maximum atomic E-state index is 12.7. The maximum absolute atomic E-state index is 12.7. The van der Waals surface area contributed by atoms with Gasteiger partial charge in [-0.3, -0.25) is 14.5 Å². The molecule has 2 aromatic rings. The fourth-order valence-electron chi connectivity index (χ4n) is 4.60. The molecule has 4 rings (SSSR count). The van der Waals surface area contributed by atoms with Gasteiger partial charge in [0.25, 0.3) is 0 Å². The highest BCUT2D eigenvalue weighted by atomic mass is 32.2. The van der Waals surface area contributed by atoms with Crippen LogP contribution in [0, 0.1) is 5.92 Å². The zero-order valence-electron chi connectivity index (χ0n) is 17.6. The molecule has 1 aliphatic heterocycles. The second kappa shape index (κ2) is 9.69. The first-order valence-corrected chi connectivity index (χ1v) is 12.1. The van der Waals surface area contributed by atoms with E-state index in [1.54, 1.807) is 11.8 Å². The number of para-hydroxylation sites is 1. The summed E-state index contributed by atoms with van der Waals surface area (Å²) in [4.78, 5) is 27.1. The summed E-state index contributed by atoms with van der Waals surface area (Å²) < 4.78 is 0. The molecule has 0 aromatic heterocycles. The predicted octanol–water partition coefficient (Wildman–Crippen LogP) is 5.94. The average Bonchev–Trinajstić information content (AvgIpc) is 3.42. The van der Waals surface area contributed by atoms with Crippen LogP contribution in [0.5, 0.6) is 0 Å². The van der Waals surface area contributed by atoms with Crippen LogP contribution in [0.3, 0.4) is 0 Å². The lowest BCUT2D eigenvalue weighted by Gasteiger charge is -2.26. The van der Waals surface area contributed by atoms with E-state index < -0.39 is 0 Å². The van der Waals surface area contributed by atoms with Gasteiger partial charge in [0.2, 0.25) is 11.8 Å². The van der Waals surface area contributed by atoms with Crippen LogP contribution in [-0.2, 0) is 16.0 Å². The molecule has 0 bridgehead atoms. The van der Waals surface area contributed by atoms with E-state index in [9.17, 15) is 9.59 Å². The molecule has 0 unspecified atom stereocenters. The number of rotatable bonds is 7. The van der Waals surface area contributed by atoms with Gasteiger partial charge < -0.3 is 5.32 Å². The highest BCUT2D eigenvalue weighted by Crippen LogP contribution is 2.43. The van der Waals surface area contributed by atoms with Crippen LogP contribution in [0.1, 0.15) is 61.9 Å². The number of benzene rings is 2. The van der Waals surface area contributed by atoms with Crippen LogP contribution in [0.4, 0.5) is 11.4 Å². The van der Waals surface area contributed by atoms with E-state index in [1.165, 1.54) is 31.2 Å². The van der Waals surface area contributed by atoms with Gasteiger partial charge in [-0.2, -0.15) is 0 Å². The Morgan fingerprint density at radius 2 is 1.93 bits per heavy atom. The van der Waals surface area contributed by atoms with E-state index in [4.69, 9.17) is 0 Å². The molecule has 1 N–H and O–H groups in total. The Bertz CT molecular complexity index is 908. The first-order chi connectivity index (χ1) is 14.7. The number of thioether (sulfide) groups is 1. The molecule has 2 fully saturated rings. The summed E-state index contributed by atoms with van der Waals surface area (Å²) >= 11 is 1.64.